The second-order valence-corrected chi connectivity index (χ2v) is 5.99. The minimum atomic E-state index is -0.440. The molecule has 1 saturated carbocycles. The number of aromatic nitrogens is 1. The number of halogens is 1. The van der Waals surface area contributed by atoms with Crippen molar-refractivity contribution in [2.45, 2.75) is 25.7 Å². The number of hydrogen-bond donors (Lipinski definition) is 2. The van der Waals surface area contributed by atoms with E-state index in [2.05, 4.69) is 26.2 Å². The monoisotopic (exact) mass is 343 g/mol. The highest BCUT2D eigenvalue weighted by molar-refractivity contribution is 9.10. The molecular formula is C13H18BrN3O3. The molecule has 1 aromatic heterocycles. The van der Waals surface area contributed by atoms with Crippen molar-refractivity contribution < 1.29 is 10.0 Å². The first-order chi connectivity index (χ1) is 9.63. The zero-order valence-electron chi connectivity index (χ0n) is 11.1. The predicted octanol–water partition coefficient (Wildman–Crippen LogP) is 2.96. The largest absolute Gasteiger partial charge is 0.396 e. The SMILES string of the molecule is O=[N+]([O-])c1cncc(Br)c1NCC1CCCCC1CO. The second-order valence-electron chi connectivity index (χ2n) is 5.14. The van der Waals surface area contributed by atoms with Crippen molar-refractivity contribution in [3.8, 4) is 0 Å². The van der Waals surface area contributed by atoms with Gasteiger partial charge in [0.15, 0.2) is 0 Å². The Hall–Kier alpha value is -1.21. The van der Waals surface area contributed by atoms with Gasteiger partial charge >= 0.3 is 5.69 Å². The van der Waals surface area contributed by atoms with Crippen LogP contribution in [0.1, 0.15) is 25.7 Å². The summed E-state index contributed by atoms with van der Waals surface area (Å²) >= 11 is 3.29. The lowest BCUT2D eigenvalue weighted by Gasteiger charge is -2.30. The average molecular weight is 344 g/mol. The summed E-state index contributed by atoms with van der Waals surface area (Å²) in [5.74, 6) is 0.643. The molecule has 1 aromatic rings. The molecule has 0 aliphatic heterocycles. The van der Waals surface area contributed by atoms with E-state index in [-0.39, 0.29) is 18.2 Å². The molecule has 2 rings (SSSR count). The number of hydrogen-bond acceptors (Lipinski definition) is 5. The lowest BCUT2D eigenvalue weighted by molar-refractivity contribution is -0.384. The van der Waals surface area contributed by atoms with Gasteiger partial charge in [0.1, 0.15) is 11.9 Å². The Morgan fingerprint density at radius 1 is 1.40 bits per heavy atom. The standard InChI is InChI=1S/C13H18BrN3O3/c14-11-6-15-7-12(17(19)20)13(11)16-5-9-3-1-2-4-10(9)8-18/h6-7,9-10,18H,1-5,8H2,(H,15,16). The fraction of sp³-hybridized carbons (Fsp3) is 0.615. The number of anilines is 1. The minimum absolute atomic E-state index is 0.0317. The molecule has 0 spiro atoms. The predicted molar refractivity (Wildman–Crippen MR) is 79.6 cm³/mol. The van der Waals surface area contributed by atoms with Gasteiger partial charge in [0.25, 0.3) is 0 Å². The van der Waals surface area contributed by atoms with Crippen LogP contribution in [0, 0.1) is 22.0 Å². The normalized spacial score (nSPS) is 22.5. The van der Waals surface area contributed by atoms with Gasteiger partial charge in [0.05, 0.1) is 9.40 Å². The first kappa shape index (κ1) is 15.2. The molecule has 2 N–H and O–H groups in total. The smallest absolute Gasteiger partial charge is 0.311 e. The molecule has 110 valence electrons. The van der Waals surface area contributed by atoms with Gasteiger partial charge in [-0.25, -0.2) is 0 Å². The maximum absolute atomic E-state index is 11.0. The van der Waals surface area contributed by atoms with E-state index < -0.39 is 4.92 Å². The first-order valence-corrected chi connectivity index (χ1v) is 7.55. The van der Waals surface area contributed by atoms with Gasteiger partial charge in [-0.2, -0.15) is 0 Å². The van der Waals surface area contributed by atoms with Gasteiger partial charge in [0.2, 0.25) is 0 Å². The zero-order valence-corrected chi connectivity index (χ0v) is 12.7. The van der Waals surface area contributed by atoms with Gasteiger partial charge < -0.3 is 10.4 Å². The van der Waals surface area contributed by atoms with Crippen molar-refractivity contribution in [2.24, 2.45) is 11.8 Å². The van der Waals surface area contributed by atoms with Crippen LogP contribution in [0.15, 0.2) is 16.9 Å². The first-order valence-electron chi connectivity index (χ1n) is 6.76. The van der Waals surface area contributed by atoms with Crippen LogP contribution in [-0.4, -0.2) is 28.2 Å². The fourth-order valence-corrected chi connectivity index (χ4v) is 3.23. The van der Waals surface area contributed by atoms with E-state index >= 15 is 0 Å². The third-order valence-corrected chi connectivity index (χ3v) is 4.52. The van der Waals surface area contributed by atoms with Crippen molar-refractivity contribution >= 4 is 27.3 Å². The van der Waals surface area contributed by atoms with E-state index in [0.717, 1.165) is 25.7 Å². The third kappa shape index (κ3) is 3.46. The second kappa shape index (κ2) is 6.99. The summed E-state index contributed by atoms with van der Waals surface area (Å²) in [6, 6.07) is 0. The summed E-state index contributed by atoms with van der Waals surface area (Å²) in [4.78, 5) is 14.4. The quantitative estimate of drug-likeness (QED) is 0.633. The van der Waals surface area contributed by atoms with Gasteiger partial charge in [-0.3, -0.25) is 15.1 Å². The Kier molecular flexibility index (Phi) is 5.31. The van der Waals surface area contributed by atoms with Crippen molar-refractivity contribution in [3.63, 3.8) is 0 Å². The molecule has 2 unspecified atom stereocenters. The zero-order chi connectivity index (χ0) is 14.5. The van der Waals surface area contributed by atoms with Crippen LogP contribution < -0.4 is 5.32 Å². The molecule has 0 amide bonds. The Morgan fingerprint density at radius 3 is 2.75 bits per heavy atom. The highest BCUT2D eigenvalue weighted by Crippen LogP contribution is 2.34. The Balaban J connectivity index is 2.08. The van der Waals surface area contributed by atoms with E-state index in [0.29, 0.717) is 22.6 Å². The minimum Gasteiger partial charge on any atom is -0.396 e. The molecule has 1 aliphatic carbocycles. The lowest BCUT2D eigenvalue weighted by atomic mass is 9.79. The van der Waals surface area contributed by atoms with Gasteiger partial charge in [0, 0.05) is 19.3 Å². The van der Waals surface area contributed by atoms with Crippen LogP contribution in [0.3, 0.4) is 0 Å². The van der Waals surface area contributed by atoms with Crippen molar-refractivity contribution in [1.82, 2.24) is 4.98 Å². The van der Waals surface area contributed by atoms with Crippen LogP contribution in [-0.2, 0) is 0 Å². The topological polar surface area (TPSA) is 88.3 Å². The molecule has 0 saturated heterocycles. The van der Waals surface area contributed by atoms with E-state index in [9.17, 15) is 15.2 Å². The number of pyridine rings is 1. The molecule has 7 heteroatoms. The molecule has 20 heavy (non-hydrogen) atoms. The number of aliphatic hydroxyl groups excluding tert-OH is 1. The van der Waals surface area contributed by atoms with Crippen LogP contribution in [0.4, 0.5) is 11.4 Å². The van der Waals surface area contributed by atoms with Gasteiger partial charge in [-0.15, -0.1) is 0 Å². The van der Waals surface area contributed by atoms with Crippen molar-refractivity contribution in [1.29, 1.82) is 0 Å². The van der Waals surface area contributed by atoms with E-state index in [4.69, 9.17) is 0 Å². The van der Waals surface area contributed by atoms with Crippen LogP contribution in [0.2, 0.25) is 0 Å². The van der Waals surface area contributed by atoms with Crippen LogP contribution in [0.5, 0.6) is 0 Å². The summed E-state index contributed by atoms with van der Waals surface area (Å²) in [6.45, 7) is 0.820. The maximum Gasteiger partial charge on any atom is 0.311 e. The summed E-state index contributed by atoms with van der Waals surface area (Å²) < 4.78 is 0.586. The Labute approximate surface area is 125 Å². The highest BCUT2D eigenvalue weighted by atomic mass is 79.9. The molecule has 0 aromatic carbocycles. The molecule has 1 aliphatic rings. The number of nitrogens with zero attached hydrogens (tertiary/aromatic N) is 2. The molecule has 0 bridgehead atoms. The maximum atomic E-state index is 11.0. The number of nitrogens with one attached hydrogen (secondary N) is 1. The third-order valence-electron chi connectivity index (χ3n) is 3.92. The summed E-state index contributed by atoms with van der Waals surface area (Å²) in [6.07, 6.45) is 7.18. The van der Waals surface area contributed by atoms with Crippen molar-refractivity contribution in [2.75, 3.05) is 18.5 Å². The van der Waals surface area contributed by atoms with E-state index in [1.165, 1.54) is 6.20 Å². The summed E-state index contributed by atoms with van der Waals surface area (Å²) in [5, 5.41) is 23.6. The molecule has 2 atom stereocenters. The number of nitro groups is 1. The Morgan fingerprint density at radius 2 is 2.10 bits per heavy atom. The summed E-state index contributed by atoms with van der Waals surface area (Å²) in [7, 11) is 0. The fourth-order valence-electron chi connectivity index (χ4n) is 2.76. The van der Waals surface area contributed by atoms with Gasteiger partial charge in [-0.05, 0) is 40.6 Å². The Bertz CT molecular complexity index is 484. The molecule has 6 nitrogen and oxygen atoms in total. The van der Waals surface area contributed by atoms with Gasteiger partial charge in [-0.1, -0.05) is 12.8 Å². The molecule has 1 heterocycles. The molecular weight excluding hydrogens is 326 g/mol. The van der Waals surface area contributed by atoms with Crippen molar-refractivity contribution in [3.05, 3.63) is 27.0 Å². The number of aliphatic hydroxyl groups is 1. The van der Waals surface area contributed by atoms with Crippen LogP contribution in [0.25, 0.3) is 0 Å². The highest BCUT2D eigenvalue weighted by Gasteiger charge is 2.25. The van der Waals surface area contributed by atoms with Crippen LogP contribution >= 0.6 is 15.9 Å². The number of rotatable bonds is 5. The van der Waals surface area contributed by atoms with E-state index in [1.807, 2.05) is 0 Å². The lowest BCUT2D eigenvalue weighted by Crippen LogP contribution is -2.28. The van der Waals surface area contributed by atoms with E-state index in [1.54, 1.807) is 6.20 Å². The molecule has 1 fully saturated rings. The molecule has 0 radical (unpaired) electrons. The average Bonchev–Trinajstić information content (AvgIpc) is 2.46. The summed E-state index contributed by atoms with van der Waals surface area (Å²) in [5.41, 5.74) is 0.433.